The zero-order valence-electron chi connectivity index (χ0n) is 9.97. The summed E-state index contributed by atoms with van der Waals surface area (Å²) >= 11 is 0. The predicted molar refractivity (Wildman–Crippen MR) is 68.9 cm³/mol. The van der Waals surface area contributed by atoms with E-state index in [-0.39, 0.29) is 11.6 Å². The van der Waals surface area contributed by atoms with Crippen LogP contribution in [0.3, 0.4) is 0 Å². The van der Waals surface area contributed by atoms with Gasteiger partial charge in [-0.05, 0) is 12.5 Å². The molecule has 4 nitrogen and oxygen atoms in total. The largest absolute Gasteiger partial charge is 0.326 e. The average Bonchev–Trinajstić information content (AvgIpc) is 2.33. The van der Waals surface area contributed by atoms with Crippen LogP contribution in [0, 0.1) is 0 Å². The molecule has 2 aromatic rings. The Morgan fingerprint density at radius 2 is 2.18 bits per heavy atom. The van der Waals surface area contributed by atoms with E-state index in [1.54, 1.807) is 6.20 Å². The highest BCUT2D eigenvalue weighted by molar-refractivity contribution is 5.80. The van der Waals surface area contributed by atoms with Gasteiger partial charge in [-0.15, -0.1) is 0 Å². The predicted octanol–water partition coefficient (Wildman–Crippen LogP) is 1.52. The highest BCUT2D eigenvalue weighted by Crippen LogP contribution is 2.06. The first-order chi connectivity index (χ1) is 8.22. The van der Waals surface area contributed by atoms with Crippen LogP contribution in [0.1, 0.15) is 19.8 Å². The lowest BCUT2D eigenvalue weighted by Crippen LogP contribution is -2.33. The van der Waals surface area contributed by atoms with Gasteiger partial charge in [0, 0.05) is 11.4 Å². The van der Waals surface area contributed by atoms with Crippen molar-refractivity contribution in [2.45, 2.75) is 32.4 Å². The second-order valence-corrected chi connectivity index (χ2v) is 4.27. The third kappa shape index (κ3) is 2.53. The minimum atomic E-state index is -0.0605. The van der Waals surface area contributed by atoms with E-state index in [0.29, 0.717) is 11.9 Å². The van der Waals surface area contributed by atoms with Crippen LogP contribution in [0.5, 0.6) is 0 Å². The second-order valence-electron chi connectivity index (χ2n) is 4.27. The van der Waals surface area contributed by atoms with Crippen molar-refractivity contribution in [2.75, 3.05) is 0 Å². The molecule has 4 heteroatoms. The summed E-state index contributed by atoms with van der Waals surface area (Å²) in [5.41, 5.74) is 5.87. The normalized spacial score (nSPS) is 12.8. The van der Waals surface area contributed by atoms with Crippen LogP contribution in [0.2, 0.25) is 0 Å². The maximum atomic E-state index is 12.1. The molecule has 0 radical (unpaired) electrons. The summed E-state index contributed by atoms with van der Waals surface area (Å²) in [6.07, 6.45) is 3.64. The molecule has 0 saturated heterocycles. The van der Waals surface area contributed by atoms with Gasteiger partial charge >= 0.3 is 0 Å². The average molecular weight is 231 g/mol. The first kappa shape index (κ1) is 11.8. The third-order valence-corrected chi connectivity index (χ3v) is 2.83. The molecule has 0 saturated carbocycles. The Morgan fingerprint density at radius 1 is 1.41 bits per heavy atom. The summed E-state index contributed by atoms with van der Waals surface area (Å²) in [6.45, 7) is 2.56. The SMILES string of the molecule is CCCC(N)Cn1ncc2ccccc2c1=O. The van der Waals surface area contributed by atoms with Crippen LogP contribution in [-0.4, -0.2) is 15.8 Å². The molecule has 0 aliphatic carbocycles. The van der Waals surface area contributed by atoms with Crippen LogP contribution in [0.25, 0.3) is 10.8 Å². The van der Waals surface area contributed by atoms with E-state index >= 15 is 0 Å². The molecule has 1 aromatic heterocycles. The van der Waals surface area contributed by atoms with E-state index in [9.17, 15) is 4.79 Å². The molecule has 0 bridgehead atoms. The Kier molecular flexibility index (Phi) is 3.54. The van der Waals surface area contributed by atoms with Crippen LogP contribution < -0.4 is 11.3 Å². The highest BCUT2D eigenvalue weighted by atomic mass is 16.1. The molecule has 17 heavy (non-hydrogen) atoms. The van der Waals surface area contributed by atoms with Gasteiger partial charge in [0.1, 0.15) is 0 Å². The highest BCUT2D eigenvalue weighted by Gasteiger charge is 2.07. The Balaban J connectivity index is 2.36. The fraction of sp³-hybridized carbons (Fsp3) is 0.385. The number of hydrogen-bond donors (Lipinski definition) is 1. The van der Waals surface area contributed by atoms with Crippen molar-refractivity contribution in [2.24, 2.45) is 5.73 Å². The Bertz CT molecular complexity index is 562. The molecule has 0 aliphatic heterocycles. The molecule has 2 N–H and O–H groups in total. The van der Waals surface area contributed by atoms with Crippen LogP contribution in [0.15, 0.2) is 35.3 Å². The molecule has 90 valence electrons. The maximum Gasteiger partial charge on any atom is 0.274 e. The molecule has 0 amide bonds. The molecule has 0 spiro atoms. The minimum absolute atomic E-state index is 0.00800. The third-order valence-electron chi connectivity index (χ3n) is 2.83. The van der Waals surface area contributed by atoms with Crippen LogP contribution in [-0.2, 0) is 6.54 Å². The van der Waals surface area contributed by atoms with E-state index in [1.165, 1.54) is 4.68 Å². The van der Waals surface area contributed by atoms with Gasteiger partial charge in [0.05, 0.1) is 18.1 Å². The fourth-order valence-electron chi connectivity index (χ4n) is 1.94. The first-order valence-electron chi connectivity index (χ1n) is 5.93. The van der Waals surface area contributed by atoms with Gasteiger partial charge in [-0.25, -0.2) is 4.68 Å². The Hall–Kier alpha value is -1.68. The standard InChI is InChI=1S/C13H17N3O/c1-2-5-11(14)9-16-13(17)12-7-4-3-6-10(12)8-15-16/h3-4,6-8,11H,2,5,9,14H2,1H3. The molecule has 1 aromatic carbocycles. The topological polar surface area (TPSA) is 60.9 Å². The maximum absolute atomic E-state index is 12.1. The molecule has 2 rings (SSSR count). The molecule has 0 aliphatic rings. The van der Waals surface area contributed by atoms with Gasteiger partial charge < -0.3 is 5.73 Å². The number of fused-ring (bicyclic) bond motifs is 1. The summed E-state index contributed by atoms with van der Waals surface area (Å²) in [7, 11) is 0. The summed E-state index contributed by atoms with van der Waals surface area (Å²) in [6, 6.07) is 7.46. The molecular weight excluding hydrogens is 214 g/mol. The number of nitrogens with zero attached hydrogens (tertiary/aromatic N) is 2. The lowest BCUT2D eigenvalue weighted by Gasteiger charge is -2.11. The summed E-state index contributed by atoms with van der Waals surface area (Å²) in [4.78, 5) is 12.1. The molecule has 0 fully saturated rings. The van der Waals surface area contributed by atoms with E-state index in [0.717, 1.165) is 18.2 Å². The van der Waals surface area contributed by atoms with Crippen LogP contribution >= 0.6 is 0 Å². The minimum Gasteiger partial charge on any atom is -0.326 e. The number of hydrogen-bond acceptors (Lipinski definition) is 3. The molecule has 1 heterocycles. The summed E-state index contributed by atoms with van der Waals surface area (Å²) < 4.78 is 1.46. The lowest BCUT2D eigenvalue weighted by molar-refractivity contribution is 0.468. The number of benzene rings is 1. The summed E-state index contributed by atoms with van der Waals surface area (Å²) in [5, 5.41) is 5.73. The monoisotopic (exact) mass is 231 g/mol. The van der Waals surface area contributed by atoms with E-state index in [2.05, 4.69) is 12.0 Å². The lowest BCUT2D eigenvalue weighted by atomic mass is 10.2. The number of rotatable bonds is 4. The van der Waals surface area contributed by atoms with Crippen molar-refractivity contribution in [3.05, 3.63) is 40.8 Å². The van der Waals surface area contributed by atoms with E-state index in [1.807, 2.05) is 24.3 Å². The van der Waals surface area contributed by atoms with Gasteiger partial charge in [-0.3, -0.25) is 4.79 Å². The van der Waals surface area contributed by atoms with Crippen molar-refractivity contribution in [1.82, 2.24) is 9.78 Å². The Labute approximate surface area is 100 Å². The number of aromatic nitrogens is 2. The zero-order valence-corrected chi connectivity index (χ0v) is 9.97. The van der Waals surface area contributed by atoms with Crippen molar-refractivity contribution in [3.63, 3.8) is 0 Å². The van der Waals surface area contributed by atoms with Gasteiger partial charge in [-0.1, -0.05) is 31.5 Å². The quantitative estimate of drug-likeness (QED) is 0.868. The van der Waals surface area contributed by atoms with E-state index in [4.69, 9.17) is 5.73 Å². The van der Waals surface area contributed by atoms with Gasteiger partial charge in [-0.2, -0.15) is 5.10 Å². The fourth-order valence-corrected chi connectivity index (χ4v) is 1.94. The second kappa shape index (κ2) is 5.10. The van der Waals surface area contributed by atoms with E-state index < -0.39 is 0 Å². The molecular formula is C13H17N3O. The van der Waals surface area contributed by atoms with Crippen molar-refractivity contribution >= 4 is 10.8 Å². The van der Waals surface area contributed by atoms with Gasteiger partial charge in [0.25, 0.3) is 5.56 Å². The van der Waals surface area contributed by atoms with Gasteiger partial charge in [0.15, 0.2) is 0 Å². The zero-order chi connectivity index (χ0) is 12.3. The number of nitrogens with two attached hydrogens (primary N) is 1. The van der Waals surface area contributed by atoms with Crippen molar-refractivity contribution < 1.29 is 0 Å². The van der Waals surface area contributed by atoms with Crippen LogP contribution in [0.4, 0.5) is 0 Å². The Morgan fingerprint density at radius 3 is 2.94 bits per heavy atom. The van der Waals surface area contributed by atoms with Crippen molar-refractivity contribution in [1.29, 1.82) is 0 Å². The smallest absolute Gasteiger partial charge is 0.274 e. The summed E-state index contributed by atoms with van der Waals surface area (Å²) in [5.74, 6) is 0. The first-order valence-corrected chi connectivity index (χ1v) is 5.93. The molecule has 1 atom stereocenters. The van der Waals surface area contributed by atoms with Crippen molar-refractivity contribution in [3.8, 4) is 0 Å². The molecule has 1 unspecified atom stereocenters. The van der Waals surface area contributed by atoms with Gasteiger partial charge in [0.2, 0.25) is 0 Å².